The highest BCUT2D eigenvalue weighted by molar-refractivity contribution is 6.35. The minimum Gasteiger partial charge on any atom is -0.324 e. The number of carbonyl (C=O) groups is 2. The number of hydrogen-bond donors (Lipinski definition) is 3. The van der Waals surface area contributed by atoms with Crippen molar-refractivity contribution in [1.82, 2.24) is 10.9 Å². The van der Waals surface area contributed by atoms with Gasteiger partial charge in [-0.05, 0) is 24.6 Å². The van der Waals surface area contributed by atoms with Crippen molar-refractivity contribution in [2.45, 2.75) is 32.6 Å². The van der Waals surface area contributed by atoms with Crippen LogP contribution >= 0.6 is 23.2 Å². The van der Waals surface area contributed by atoms with Gasteiger partial charge in [0, 0.05) is 17.1 Å². The Kier molecular flexibility index (Phi) is 7.77. The number of amides is 2. The van der Waals surface area contributed by atoms with Gasteiger partial charge >= 0.3 is 0 Å². The third-order valence-electron chi connectivity index (χ3n) is 2.71. The van der Waals surface area contributed by atoms with Crippen LogP contribution in [0.3, 0.4) is 0 Å². The van der Waals surface area contributed by atoms with Gasteiger partial charge in [0.1, 0.15) is 0 Å². The van der Waals surface area contributed by atoms with Crippen LogP contribution < -0.4 is 16.2 Å². The van der Waals surface area contributed by atoms with Crippen molar-refractivity contribution in [2.75, 3.05) is 5.32 Å². The predicted molar refractivity (Wildman–Crippen MR) is 89.7 cm³/mol. The van der Waals surface area contributed by atoms with Crippen molar-refractivity contribution < 1.29 is 9.59 Å². The summed E-state index contributed by atoms with van der Waals surface area (Å²) in [7, 11) is 0. The van der Waals surface area contributed by atoms with Gasteiger partial charge in [0.2, 0.25) is 11.8 Å². The Hall–Kier alpha value is -1.72. The summed E-state index contributed by atoms with van der Waals surface area (Å²) < 4.78 is 0. The van der Waals surface area contributed by atoms with Gasteiger partial charge in [-0.3, -0.25) is 15.0 Å². The lowest BCUT2D eigenvalue weighted by Gasteiger charge is -2.12. The van der Waals surface area contributed by atoms with Crippen LogP contribution in [-0.4, -0.2) is 11.8 Å². The Morgan fingerprint density at radius 3 is 2.59 bits per heavy atom. The summed E-state index contributed by atoms with van der Waals surface area (Å²) in [6.07, 6.45) is 2.18. The van der Waals surface area contributed by atoms with Gasteiger partial charge in [-0.2, -0.15) is 0 Å². The zero-order valence-electron chi connectivity index (χ0n) is 12.3. The summed E-state index contributed by atoms with van der Waals surface area (Å²) in [5.74, 6) is -0.453. The SMILES string of the molecule is C=C(CC(=O)Nc1cc(Cl)ccc1Cl)NNC(=O)CCCC. The van der Waals surface area contributed by atoms with Crippen LogP contribution in [0.2, 0.25) is 10.0 Å². The van der Waals surface area contributed by atoms with E-state index in [1.807, 2.05) is 6.92 Å². The molecule has 0 atom stereocenters. The molecule has 1 rings (SSSR count). The minimum atomic E-state index is -0.315. The Balaban J connectivity index is 2.40. The van der Waals surface area contributed by atoms with Crippen LogP contribution in [0.4, 0.5) is 5.69 Å². The fourth-order valence-corrected chi connectivity index (χ4v) is 1.92. The summed E-state index contributed by atoms with van der Waals surface area (Å²) in [4.78, 5) is 23.3. The topological polar surface area (TPSA) is 70.2 Å². The molecular formula is C15H19Cl2N3O2. The molecule has 0 saturated heterocycles. The molecule has 0 unspecified atom stereocenters. The van der Waals surface area contributed by atoms with E-state index in [2.05, 4.69) is 22.7 Å². The van der Waals surface area contributed by atoms with E-state index in [4.69, 9.17) is 23.2 Å². The average molecular weight is 344 g/mol. The van der Waals surface area contributed by atoms with Gasteiger partial charge in [0.05, 0.1) is 17.1 Å². The van der Waals surface area contributed by atoms with E-state index in [-0.39, 0.29) is 18.2 Å². The standard InChI is InChI=1S/C15H19Cl2N3O2/c1-3-4-5-14(21)20-19-10(2)8-15(22)18-13-9-11(16)6-7-12(13)17/h6-7,9,19H,2-5,8H2,1H3,(H,18,22)(H,20,21). The van der Waals surface area contributed by atoms with Crippen molar-refractivity contribution >= 4 is 40.7 Å². The minimum absolute atomic E-state index is 0.00308. The van der Waals surface area contributed by atoms with Gasteiger partial charge < -0.3 is 10.7 Å². The molecule has 0 saturated carbocycles. The maximum atomic E-state index is 11.9. The summed E-state index contributed by atoms with van der Waals surface area (Å²) in [5.41, 5.74) is 5.92. The fourth-order valence-electron chi connectivity index (χ4n) is 1.58. The molecule has 0 aliphatic carbocycles. The maximum Gasteiger partial charge on any atom is 0.238 e. The quantitative estimate of drug-likeness (QED) is 0.631. The smallest absolute Gasteiger partial charge is 0.238 e. The predicted octanol–water partition coefficient (Wildman–Crippen LogP) is 3.65. The van der Waals surface area contributed by atoms with Gasteiger partial charge in [0.15, 0.2) is 0 Å². The molecule has 0 aliphatic rings. The van der Waals surface area contributed by atoms with E-state index in [0.29, 0.717) is 27.9 Å². The highest BCUT2D eigenvalue weighted by atomic mass is 35.5. The molecule has 5 nitrogen and oxygen atoms in total. The van der Waals surface area contributed by atoms with Gasteiger partial charge in [-0.15, -0.1) is 0 Å². The normalized spacial score (nSPS) is 9.95. The molecular weight excluding hydrogens is 325 g/mol. The van der Waals surface area contributed by atoms with E-state index in [1.54, 1.807) is 18.2 Å². The molecule has 120 valence electrons. The lowest BCUT2D eigenvalue weighted by atomic mass is 10.2. The fraction of sp³-hybridized carbons (Fsp3) is 0.333. The van der Waals surface area contributed by atoms with Crippen molar-refractivity contribution in [2.24, 2.45) is 0 Å². The second-order valence-corrected chi connectivity index (χ2v) is 5.57. The summed E-state index contributed by atoms with van der Waals surface area (Å²) >= 11 is 11.8. The molecule has 0 bridgehead atoms. The molecule has 1 aromatic carbocycles. The van der Waals surface area contributed by atoms with Gasteiger partial charge in [0.25, 0.3) is 0 Å². The zero-order valence-corrected chi connectivity index (χ0v) is 13.9. The molecule has 7 heteroatoms. The Morgan fingerprint density at radius 2 is 1.91 bits per heavy atom. The maximum absolute atomic E-state index is 11.9. The molecule has 0 aliphatic heterocycles. The number of hydrazine groups is 1. The molecule has 3 N–H and O–H groups in total. The van der Waals surface area contributed by atoms with Crippen molar-refractivity contribution in [1.29, 1.82) is 0 Å². The summed E-state index contributed by atoms with van der Waals surface area (Å²) in [5, 5.41) is 3.50. The largest absolute Gasteiger partial charge is 0.324 e. The molecule has 2 amide bonds. The number of hydrogen-bond acceptors (Lipinski definition) is 3. The zero-order chi connectivity index (χ0) is 16.5. The molecule has 1 aromatic rings. The van der Waals surface area contributed by atoms with E-state index in [1.165, 1.54) is 0 Å². The third-order valence-corrected chi connectivity index (χ3v) is 3.28. The molecule has 0 fully saturated rings. The second kappa shape index (κ2) is 9.33. The molecule has 22 heavy (non-hydrogen) atoms. The number of nitrogens with one attached hydrogen (secondary N) is 3. The molecule has 0 radical (unpaired) electrons. The number of anilines is 1. The number of benzene rings is 1. The lowest BCUT2D eigenvalue weighted by Crippen LogP contribution is -2.37. The number of carbonyl (C=O) groups excluding carboxylic acids is 2. The van der Waals surface area contributed by atoms with Crippen molar-refractivity contribution in [3.8, 4) is 0 Å². The second-order valence-electron chi connectivity index (χ2n) is 4.73. The average Bonchev–Trinajstić information content (AvgIpc) is 2.46. The monoisotopic (exact) mass is 343 g/mol. The first-order chi connectivity index (χ1) is 10.4. The number of halogens is 2. The van der Waals surface area contributed by atoms with Crippen LogP contribution in [0, 0.1) is 0 Å². The first-order valence-corrected chi connectivity index (χ1v) is 7.65. The summed E-state index contributed by atoms with van der Waals surface area (Å²) in [6.45, 7) is 5.69. The van der Waals surface area contributed by atoms with E-state index >= 15 is 0 Å². The molecule has 0 heterocycles. The molecule has 0 aromatic heterocycles. The van der Waals surface area contributed by atoms with Gasteiger partial charge in [-0.1, -0.05) is 43.1 Å². The summed E-state index contributed by atoms with van der Waals surface area (Å²) in [6, 6.07) is 4.79. The Labute approximate surface area is 140 Å². The highest BCUT2D eigenvalue weighted by Crippen LogP contribution is 2.25. The first-order valence-electron chi connectivity index (χ1n) is 6.90. The van der Waals surface area contributed by atoms with Gasteiger partial charge in [-0.25, -0.2) is 0 Å². The Morgan fingerprint density at radius 1 is 1.18 bits per heavy atom. The van der Waals surface area contributed by atoms with Crippen molar-refractivity contribution in [3.63, 3.8) is 0 Å². The highest BCUT2D eigenvalue weighted by Gasteiger charge is 2.09. The van der Waals surface area contributed by atoms with Crippen LogP contribution in [0.15, 0.2) is 30.5 Å². The number of unbranched alkanes of at least 4 members (excludes halogenated alkanes) is 1. The van der Waals surface area contributed by atoms with Crippen LogP contribution in [-0.2, 0) is 9.59 Å². The van der Waals surface area contributed by atoms with Crippen LogP contribution in [0.1, 0.15) is 32.6 Å². The van der Waals surface area contributed by atoms with E-state index in [0.717, 1.165) is 12.8 Å². The third kappa shape index (κ3) is 6.83. The molecule has 0 spiro atoms. The van der Waals surface area contributed by atoms with Crippen LogP contribution in [0.5, 0.6) is 0 Å². The van der Waals surface area contributed by atoms with E-state index < -0.39 is 0 Å². The van der Waals surface area contributed by atoms with Crippen LogP contribution in [0.25, 0.3) is 0 Å². The first kappa shape index (κ1) is 18.3. The number of rotatable bonds is 8. The Bertz CT molecular complexity index is 562. The van der Waals surface area contributed by atoms with E-state index in [9.17, 15) is 9.59 Å². The lowest BCUT2D eigenvalue weighted by molar-refractivity contribution is -0.122. The van der Waals surface area contributed by atoms with Crippen molar-refractivity contribution in [3.05, 3.63) is 40.5 Å².